The third kappa shape index (κ3) is 6.89. The SMILES string of the molecule is CCCCCNC(=NCc1ccc(Cl)nc1)N[N+](=O)[O-]. The zero-order valence-electron chi connectivity index (χ0n) is 11.3. The van der Waals surface area contributed by atoms with Gasteiger partial charge in [-0.25, -0.2) is 20.1 Å². The smallest absolute Gasteiger partial charge is 0.254 e. The van der Waals surface area contributed by atoms with E-state index in [2.05, 4.69) is 27.6 Å². The molecular formula is C12H18ClN5O2. The van der Waals surface area contributed by atoms with Crippen molar-refractivity contribution in [3.05, 3.63) is 39.2 Å². The third-order valence-corrected chi connectivity index (χ3v) is 2.70. The van der Waals surface area contributed by atoms with E-state index < -0.39 is 5.03 Å². The van der Waals surface area contributed by atoms with Crippen molar-refractivity contribution in [3.63, 3.8) is 0 Å². The lowest BCUT2D eigenvalue weighted by Crippen LogP contribution is -2.41. The summed E-state index contributed by atoms with van der Waals surface area (Å²) in [4.78, 5) is 18.6. The minimum Gasteiger partial charge on any atom is -0.352 e. The minimum absolute atomic E-state index is 0.154. The van der Waals surface area contributed by atoms with Gasteiger partial charge < -0.3 is 5.32 Å². The van der Waals surface area contributed by atoms with Crippen LogP contribution in [0.5, 0.6) is 0 Å². The number of hydrogen-bond acceptors (Lipinski definition) is 4. The molecule has 1 rings (SSSR count). The number of guanidine groups is 1. The number of hydrazine groups is 1. The number of nitrogens with one attached hydrogen (secondary N) is 2. The van der Waals surface area contributed by atoms with Gasteiger partial charge in [-0.15, -0.1) is 0 Å². The van der Waals surface area contributed by atoms with E-state index in [4.69, 9.17) is 11.6 Å². The highest BCUT2D eigenvalue weighted by Crippen LogP contribution is 2.06. The van der Waals surface area contributed by atoms with Gasteiger partial charge in [-0.3, -0.25) is 0 Å². The van der Waals surface area contributed by atoms with Gasteiger partial charge in [0.25, 0.3) is 5.96 Å². The maximum absolute atomic E-state index is 10.5. The molecule has 8 heteroatoms. The van der Waals surface area contributed by atoms with Crippen LogP contribution in [0.1, 0.15) is 31.7 Å². The first kappa shape index (κ1) is 16.2. The summed E-state index contributed by atoms with van der Waals surface area (Å²) in [5.74, 6) is 0.154. The number of unbranched alkanes of at least 4 members (excludes halogenated alkanes) is 2. The first-order valence-corrected chi connectivity index (χ1v) is 6.79. The van der Waals surface area contributed by atoms with Crippen molar-refractivity contribution in [1.29, 1.82) is 0 Å². The highest BCUT2D eigenvalue weighted by Gasteiger charge is 2.04. The Labute approximate surface area is 122 Å². The van der Waals surface area contributed by atoms with E-state index in [9.17, 15) is 10.1 Å². The number of nitrogens with zero attached hydrogens (tertiary/aromatic N) is 3. The Morgan fingerprint density at radius 3 is 2.90 bits per heavy atom. The van der Waals surface area contributed by atoms with Gasteiger partial charge in [0.15, 0.2) is 5.03 Å². The van der Waals surface area contributed by atoms with E-state index >= 15 is 0 Å². The Kier molecular flexibility index (Phi) is 7.34. The van der Waals surface area contributed by atoms with Gasteiger partial charge in [-0.05, 0) is 18.1 Å². The van der Waals surface area contributed by atoms with Gasteiger partial charge in [-0.2, -0.15) is 0 Å². The van der Waals surface area contributed by atoms with Crippen molar-refractivity contribution in [3.8, 4) is 0 Å². The highest BCUT2D eigenvalue weighted by molar-refractivity contribution is 6.29. The van der Waals surface area contributed by atoms with Crippen LogP contribution in [-0.4, -0.2) is 22.5 Å². The number of halogens is 1. The van der Waals surface area contributed by atoms with Crippen LogP contribution in [0.25, 0.3) is 0 Å². The Morgan fingerprint density at radius 1 is 1.50 bits per heavy atom. The van der Waals surface area contributed by atoms with Gasteiger partial charge in [0.2, 0.25) is 0 Å². The third-order valence-electron chi connectivity index (χ3n) is 2.48. The summed E-state index contributed by atoms with van der Waals surface area (Å²) in [7, 11) is 0. The lowest BCUT2D eigenvalue weighted by atomic mass is 10.2. The molecule has 0 aliphatic rings. The number of aliphatic imine (C=N–C) groups is 1. The summed E-state index contributed by atoms with van der Waals surface area (Å²) >= 11 is 5.68. The van der Waals surface area contributed by atoms with Gasteiger partial charge >= 0.3 is 0 Å². The molecule has 0 aliphatic carbocycles. The van der Waals surface area contributed by atoms with Crippen molar-refractivity contribution in [1.82, 2.24) is 15.7 Å². The van der Waals surface area contributed by atoms with Gasteiger partial charge in [-0.1, -0.05) is 42.9 Å². The number of rotatable bonds is 7. The van der Waals surface area contributed by atoms with Gasteiger partial charge in [0, 0.05) is 12.7 Å². The summed E-state index contributed by atoms with van der Waals surface area (Å²) in [6, 6.07) is 3.43. The van der Waals surface area contributed by atoms with Crippen LogP contribution in [0.15, 0.2) is 23.3 Å². The van der Waals surface area contributed by atoms with E-state index in [1.807, 2.05) is 0 Å². The van der Waals surface area contributed by atoms with Crippen LogP contribution >= 0.6 is 11.6 Å². The van der Waals surface area contributed by atoms with Crippen molar-refractivity contribution in [2.45, 2.75) is 32.7 Å². The molecule has 0 fully saturated rings. The molecule has 0 spiro atoms. The quantitative estimate of drug-likeness (QED) is 0.201. The van der Waals surface area contributed by atoms with E-state index in [1.54, 1.807) is 18.3 Å². The Hall–Kier alpha value is -1.89. The Morgan fingerprint density at radius 2 is 2.30 bits per heavy atom. The van der Waals surface area contributed by atoms with Crippen LogP contribution in [-0.2, 0) is 6.54 Å². The molecule has 0 radical (unpaired) electrons. The zero-order valence-corrected chi connectivity index (χ0v) is 12.1. The molecule has 110 valence electrons. The predicted molar refractivity (Wildman–Crippen MR) is 78.0 cm³/mol. The molecule has 0 saturated carbocycles. The van der Waals surface area contributed by atoms with E-state index in [0.717, 1.165) is 24.8 Å². The van der Waals surface area contributed by atoms with Crippen molar-refractivity contribution in [2.75, 3.05) is 6.54 Å². The number of hydrogen-bond donors (Lipinski definition) is 2. The maximum atomic E-state index is 10.5. The average Bonchev–Trinajstić information content (AvgIpc) is 2.42. The fourth-order valence-electron chi connectivity index (χ4n) is 1.47. The van der Waals surface area contributed by atoms with Crippen molar-refractivity contribution in [2.24, 2.45) is 4.99 Å². The predicted octanol–water partition coefficient (Wildman–Crippen LogP) is 2.15. The van der Waals surface area contributed by atoms with Crippen LogP contribution in [0, 0.1) is 10.1 Å². The molecular weight excluding hydrogens is 282 g/mol. The number of nitro groups is 1. The standard InChI is InChI=1S/C12H18ClN5O2/c1-2-3-4-7-14-12(17-18(19)20)16-9-10-5-6-11(13)15-8-10/h5-6,8H,2-4,7,9H2,1H3,(H2,14,16,17). The van der Waals surface area contributed by atoms with Crippen molar-refractivity contribution >= 4 is 17.6 Å². The summed E-state index contributed by atoms with van der Waals surface area (Å²) in [5, 5.41) is 13.2. The summed E-state index contributed by atoms with van der Waals surface area (Å²) in [6.07, 6.45) is 4.69. The molecule has 0 unspecified atom stereocenters. The Balaban J connectivity index is 2.54. The van der Waals surface area contributed by atoms with Crippen LogP contribution in [0.4, 0.5) is 0 Å². The van der Waals surface area contributed by atoms with E-state index in [0.29, 0.717) is 18.2 Å². The molecule has 2 N–H and O–H groups in total. The largest absolute Gasteiger partial charge is 0.352 e. The zero-order chi connectivity index (χ0) is 14.8. The fraction of sp³-hybridized carbons (Fsp3) is 0.500. The molecule has 1 aromatic rings. The molecule has 7 nitrogen and oxygen atoms in total. The average molecular weight is 300 g/mol. The summed E-state index contributed by atoms with van der Waals surface area (Å²) in [6.45, 7) is 3.03. The first-order valence-electron chi connectivity index (χ1n) is 6.41. The van der Waals surface area contributed by atoms with Crippen LogP contribution in [0.3, 0.4) is 0 Å². The topological polar surface area (TPSA) is 92.5 Å². The second kappa shape index (κ2) is 9.08. The lowest BCUT2D eigenvalue weighted by Gasteiger charge is -2.06. The molecule has 0 bridgehead atoms. The monoisotopic (exact) mass is 299 g/mol. The second-order valence-electron chi connectivity index (χ2n) is 4.16. The molecule has 0 saturated heterocycles. The Bertz CT molecular complexity index is 450. The summed E-state index contributed by atoms with van der Waals surface area (Å²) < 4.78 is 0. The van der Waals surface area contributed by atoms with Gasteiger partial charge in [0.05, 0.1) is 6.54 Å². The maximum Gasteiger partial charge on any atom is 0.254 e. The molecule has 0 atom stereocenters. The molecule has 1 aromatic heterocycles. The molecule has 0 amide bonds. The molecule has 20 heavy (non-hydrogen) atoms. The molecule has 0 aromatic carbocycles. The van der Waals surface area contributed by atoms with Gasteiger partial charge in [0.1, 0.15) is 5.15 Å². The second-order valence-corrected chi connectivity index (χ2v) is 4.54. The van der Waals surface area contributed by atoms with Crippen molar-refractivity contribution < 1.29 is 5.03 Å². The minimum atomic E-state index is -0.633. The fourth-order valence-corrected chi connectivity index (χ4v) is 1.58. The van der Waals surface area contributed by atoms with E-state index in [-0.39, 0.29) is 5.96 Å². The number of pyridine rings is 1. The normalized spacial score (nSPS) is 11.2. The molecule has 0 aliphatic heterocycles. The summed E-state index contributed by atoms with van der Waals surface area (Å²) in [5.41, 5.74) is 2.88. The lowest BCUT2D eigenvalue weighted by molar-refractivity contribution is -0.525. The first-order chi connectivity index (χ1) is 9.61. The number of aromatic nitrogens is 1. The van der Waals surface area contributed by atoms with Crippen LogP contribution in [0.2, 0.25) is 5.15 Å². The molecule has 1 heterocycles. The van der Waals surface area contributed by atoms with Crippen LogP contribution < -0.4 is 10.7 Å². The highest BCUT2D eigenvalue weighted by atomic mass is 35.5. The van der Waals surface area contributed by atoms with E-state index in [1.165, 1.54) is 0 Å².